The highest BCUT2D eigenvalue weighted by molar-refractivity contribution is 6.01. The van der Waals surface area contributed by atoms with Gasteiger partial charge in [0.15, 0.2) is 0 Å². The number of carbonyl (C=O) groups is 2. The summed E-state index contributed by atoms with van der Waals surface area (Å²) in [5, 5.41) is 2.97. The van der Waals surface area contributed by atoms with E-state index < -0.39 is 6.04 Å². The van der Waals surface area contributed by atoms with E-state index in [1.807, 2.05) is 36.4 Å². The van der Waals surface area contributed by atoms with Crippen LogP contribution in [0.25, 0.3) is 0 Å². The van der Waals surface area contributed by atoms with Crippen LogP contribution in [0.2, 0.25) is 0 Å². The van der Waals surface area contributed by atoms with Crippen LogP contribution in [0, 0.1) is 0 Å². The second kappa shape index (κ2) is 7.79. The standard InChI is InChI=1S/C22H22N4O3/c1-3-11-26-18-14-25(13-15-5-4-10-23-12-15)21(27)19(18)20(24-22(26)28)16-6-8-17(29-2)9-7-16/h3-10,12,20H,1,11,13-14H2,2H3,(H,24,28). The summed E-state index contributed by atoms with van der Waals surface area (Å²) >= 11 is 0. The maximum Gasteiger partial charge on any atom is 0.322 e. The van der Waals surface area contributed by atoms with Gasteiger partial charge in [-0.3, -0.25) is 14.7 Å². The number of urea groups is 1. The van der Waals surface area contributed by atoms with Gasteiger partial charge >= 0.3 is 6.03 Å². The highest BCUT2D eigenvalue weighted by Crippen LogP contribution is 2.37. The van der Waals surface area contributed by atoms with Crippen LogP contribution in [-0.2, 0) is 11.3 Å². The quantitative estimate of drug-likeness (QED) is 0.770. The van der Waals surface area contributed by atoms with E-state index >= 15 is 0 Å². The molecule has 0 aliphatic carbocycles. The Morgan fingerprint density at radius 1 is 1.28 bits per heavy atom. The molecule has 2 aromatic rings. The van der Waals surface area contributed by atoms with E-state index in [0.717, 1.165) is 16.8 Å². The molecule has 0 bridgehead atoms. The second-order valence-electron chi connectivity index (χ2n) is 6.94. The third-order valence-electron chi connectivity index (χ3n) is 5.15. The minimum atomic E-state index is -0.504. The molecular weight excluding hydrogens is 368 g/mol. The molecule has 1 unspecified atom stereocenters. The third kappa shape index (κ3) is 3.47. The van der Waals surface area contributed by atoms with Gasteiger partial charge < -0.3 is 15.0 Å². The zero-order valence-electron chi connectivity index (χ0n) is 16.2. The van der Waals surface area contributed by atoms with Crippen molar-refractivity contribution in [1.29, 1.82) is 0 Å². The molecule has 0 fully saturated rings. The Morgan fingerprint density at radius 3 is 2.72 bits per heavy atom. The number of pyridine rings is 1. The molecule has 3 amide bonds. The fraction of sp³-hybridized carbons (Fsp3) is 0.227. The second-order valence-corrected chi connectivity index (χ2v) is 6.94. The first kappa shape index (κ1) is 18.7. The number of methoxy groups -OCH3 is 1. The summed E-state index contributed by atoms with van der Waals surface area (Å²) in [4.78, 5) is 33.6. The monoisotopic (exact) mass is 390 g/mol. The van der Waals surface area contributed by atoms with E-state index in [9.17, 15) is 9.59 Å². The lowest BCUT2D eigenvalue weighted by Gasteiger charge is -2.33. The Hall–Kier alpha value is -3.61. The number of nitrogens with zero attached hydrogens (tertiary/aromatic N) is 3. The third-order valence-corrected chi connectivity index (χ3v) is 5.15. The van der Waals surface area contributed by atoms with Gasteiger partial charge in [0.25, 0.3) is 5.91 Å². The van der Waals surface area contributed by atoms with Crippen LogP contribution in [0.3, 0.4) is 0 Å². The lowest BCUT2D eigenvalue weighted by atomic mass is 9.95. The molecule has 29 heavy (non-hydrogen) atoms. The normalized spacial score (nSPS) is 18.6. The number of benzene rings is 1. The van der Waals surface area contributed by atoms with Gasteiger partial charge in [-0.25, -0.2) is 4.79 Å². The summed E-state index contributed by atoms with van der Waals surface area (Å²) in [6, 6.07) is 10.4. The molecule has 7 heteroatoms. The fourth-order valence-corrected chi connectivity index (χ4v) is 3.76. The molecule has 1 atom stereocenters. The van der Waals surface area contributed by atoms with E-state index in [1.165, 1.54) is 0 Å². The Morgan fingerprint density at radius 2 is 2.07 bits per heavy atom. The highest BCUT2D eigenvalue weighted by Gasteiger charge is 2.43. The number of amides is 3. The topological polar surface area (TPSA) is 74.8 Å². The van der Waals surface area contributed by atoms with Crippen molar-refractivity contribution in [3.63, 3.8) is 0 Å². The minimum Gasteiger partial charge on any atom is -0.497 e. The first-order chi connectivity index (χ1) is 14.1. The van der Waals surface area contributed by atoms with Crippen molar-refractivity contribution in [3.05, 3.63) is 83.8 Å². The van der Waals surface area contributed by atoms with Crippen molar-refractivity contribution in [2.45, 2.75) is 12.6 Å². The molecule has 148 valence electrons. The average Bonchev–Trinajstić information content (AvgIpc) is 3.07. The zero-order valence-corrected chi connectivity index (χ0v) is 16.2. The number of ether oxygens (including phenoxy) is 1. The molecule has 0 radical (unpaired) electrons. The Balaban J connectivity index is 1.69. The number of hydrogen-bond acceptors (Lipinski definition) is 4. The van der Waals surface area contributed by atoms with E-state index in [4.69, 9.17) is 4.74 Å². The van der Waals surface area contributed by atoms with Crippen LogP contribution in [0.5, 0.6) is 5.75 Å². The summed E-state index contributed by atoms with van der Waals surface area (Å²) in [5.41, 5.74) is 3.10. The van der Waals surface area contributed by atoms with Crippen molar-refractivity contribution in [2.75, 3.05) is 20.2 Å². The van der Waals surface area contributed by atoms with Crippen LogP contribution >= 0.6 is 0 Å². The molecule has 3 heterocycles. The van der Waals surface area contributed by atoms with E-state index in [1.54, 1.807) is 35.4 Å². The van der Waals surface area contributed by atoms with Gasteiger partial charge in [-0.05, 0) is 29.3 Å². The molecule has 1 aromatic heterocycles. The summed E-state index contributed by atoms with van der Waals surface area (Å²) in [7, 11) is 1.60. The summed E-state index contributed by atoms with van der Waals surface area (Å²) in [6.45, 7) is 4.89. The lowest BCUT2D eigenvalue weighted by Crippen LogP contribution is -2.47. The van der Waals surface area contributed by atoms with E-state index in [-0.39, 0.29) is 11.9 Å². The molecular formula is C22H22N4O3. The summed E-state index contributed by atoms with van der Waals surface area (Å²) in [5.74, 6) is 0.632. The van der Waals surface area contributed by atoms with Crippen molar-refractivity contribution in [2.24, 2.45) is 0 Å². The van der Waals surface area contributed by atoms with Crippen molar-refractivity contribution in [1.82, 2.24) is 20.1 Å². The van der Waals surface area contributed by atoms with Crippen LogP contribution in [0.4, 0.5) is 4.79 Å². The predicted octanol–water partition coefficient (Wildman–Crippen LogP) is 2.64. The van der Waals surface area contributed by atoms with Gasteiger partial charge in [-0.2, -0.15) is 0 Å². The molecule has 2 aliphatic heterocycles. The number of nitrogens with one attached hydrogen (secondary N) is 1. The molecule has 4 rings (SSSR count). The van der Waals surface area contributed by atoms with E-state index in [2.05, 4.69) is 16.9 Å². The maximum atomic E-state index is 13.3. The molecule has 0 spiro atoms. The van der Waals surface area contributed by atoms with Gasteiger partial charge in [0, 0.05) is 25.5 Å². The highest BCUT2D eigenvalue weighted by atomic mass is 16.5. The number of rotatable bonds is 6. The van der Waals surface area contributed by atoms with Crippen LogP contribution in [0.15, 0.2) is 72.7 Å². The molecule has 0 saturated heterocycles. The van der Waals surface area contributed by atoms with Gasteiger partial charge in [-0.1, -0.05) is 24.3 Å². The average molecular weight is 390 g/mol. The predicted molar refractivity (Wildman–Crippen MR) is 108 cm³/mol. The molecule has 1 aromatic carbocycles. The molecule has 2 aliphatic rings. The number of aromatic nitrogens is 1. The SMILES string of the molecule is C=CCN1C(=O)NC(c2ccc(OC)cc2)C2=C1CN(Cc1cccnc1)C2=O. The van der Waals surface area contributed by atoms with Crippen molar-refractivity contribution >= 4 is 11.9 Å². The molecule has 1 N–H and O–H groups in total. The van der Waals surface area contributed by atoms with Gasteiger partial charge in [-0.15, -0.1) is 6.58 Å². The van der Waals surface area contributed by atoms with Crippen molar-refractivity contribution < 1.29 is 14.3 Å². The van der Waals surface area contributed by atoms with E-state index in [0.29, 0.717) is 31.0 Å². The van der Waals surface area contributed by atoms with Gasteiger partial charge in [0.1, 0.15) is 5.75 Å². The van der Waals surface area contributed by atoms with Crippen molar-refractivity contribution in [3.8, 4) is 5.75 Å². The first-order valence-electron chi connectivity index (χ1n) is 9.36. The number of hydrogen-bond donors (Lipinski definition) is 1. The van der Waals surface area contributed by atoms with Crippen LogP contribution in [0.1, 0.15) is 17.2 Å². The summed E-state index contributed by atoms with van der Waals surface area (Å²) < 4.78 is 5.22. The van der Waals surface area contributed by atoms with Crippen LogP contribution < -0.4 is 10.1 Å². The largest absolute Gasteiger partial charge is 0.497 e. The van der Waals surface area contributed by atoms with Gasteiger partial charge in [0.05, 0.1) is 31.0 Å². The maximum absolute atomic E-state index is 13.3. The first-order valence-corrected chi connectivity index (χ1v) is 9.36. The molecule has 7 nitrogen and oxygen atoms in total. The Kier molecular flexibility index (Phi) is 5.03. The lowest BCUT2D eigenvalue weighted by molar-refractivity contribution is -0.126. The van der Waals surface area contributed by atoms with Crippen LogP contribution in [-0.4, -0.2) is 46.9 Å². The fourth-order valence-electron chi connectivity index (χ4n) is 3.76. The molecule has 0 saturated carbocycles. The van der Waals surface area contributed by atoms with Gasteiger partial charge in [0.2, 0.25) is 0 Å². The summed E-state index contributed by atoms with van der Waals surface area (Å²) in [6.07, 6.45) is 5.11. The zero-order chi connectivity index (χ0) is 20.4. The smallest absolute Gasteiger partial charge is 0.322 e. The Labute approximate surface area is 169 Å². The number of carbonyl (C=O) groups excluding carboxylic acids is 2. The minimum absolute atomic E-state index is 0.0845. The Bertz CT molecular complexity index is 969.